The van der Waals surface area contributed by atoms with Crippen LogP contribution in [0.15, 0.2) is 0 Å². The molecule has 0 bridgehead atoms. The molecule has 0 aromatic carbocycles. The van der Waals surface area contributed by atoms with Crippen LogP contribution in [0.4, 0.5) is 0 Å². The van der Waals surface area contributed by atoms with Crippen molar-refractivity contribution in [1.29, 1.82) is 0 Å². The molecule has 0 aromatic heterocycles. The molecule has 13 heavy (non-hydrogen) atoms. The molecule has 1 atom stereocenters. The van der Waals surface area contributed by atoms with Gasteiger partial charge in [-0.25, -0.2) is 0 Å². The monoisotopic (exact) mass is 187 g/mol. The standard InChI is InChI=1S/C10H21NO2/c1-6-11-8(9(12)13-5)7-10(2,3)4/h8,11H,6-7H2,1-5H3. The Balaban J connectivity index is 4.17. The first kappa shape index (κ1) is 12.4. The van der Waals surface area contributed by atoms with Crippen LogP contribution < -0.4 is 5.32 Å². The minimum absolute atomic E-state index is 0.140. The summed E-state index contributed by atoms with van der Waals surface area (Å²) in [5, 5.41) is 3.12. The molecule has 0 saturated carbocycles. The van der Waals surface area contributed by atoms with Crippen LogP contribution >= 0.6 is 0 Å². The Bertz CT molecular complexity index is 161. The SMILES string of the molecule is CCNC(CC(C)(C)C)C(=O)OC. The van der Waals surface area contributed by atoms with Gasteiger partial charge in [0.2, 0.25) is 0 Å². The van der Waals surface area contributed by atoms with Gasteiger partial charge in [-0.15, -0.1) is 0 Å². The maximum absolute atomic E-state index is 11.3. The van der Waals surface area contributed by atoms with E-state index < -0.39 is 0 Å². The summed E-state index contributed by atoms with van der Waals surface area (Å²) < 4.78 is 4.71. The van der Waals surface area contributed by atoms with E-state index in [1.807, 2.05) is 6.92 Å². The van der Waals surface area contributed by atoms with Crippen LogP contribution in [0.2, 0.25) is 0 Å². The lowest BCUT2D eigenvalue weighted by Crippen LogP contribution is -2.40. The lowest BCUT2D eigenvalue weighted by Gasteiger charge is -2.24. The molecule has 3 nitrogen and oxygen atoms in total. The Morgan fingerprint density at radius 1 is 1.46 bits per heavy atom. The number of methoxy groups -OCH3 is 1. The van der Waals surface area contributed by atoms with E-state index in [0.29, 0.717) is 0 Å². The maximum atomic E-state index is 11.3. The molecule has 0 rings (SSSR count). The second-order valence-corrected chi connectivity index (χ2v) is 4.40. The van der Waals surface area contributed by atoms with Crippen molar-refractivity contribution in [2.45, 2.75) is 40.2 Å². The molecular weight excluding hydrogens is 166 g/mol. The number of hydrogen-bond acceptors (Lipinski definition) is 3. The third kappa shape index (κ3) is 5.64. The first-order valence-electron chi connectivity index (χ1n) is 4.72. The summed E-state index contributed by atoms with van der Waals surface area (Å²) in [5.41, 5.74) is 0.140. The second-order valence-electron chi connectivity index (χ2n) is 4.40. The predicted molar refractivity (Wildman–Crippen MR) is 53.6 cm³/mol. The maximum Gasteiger partial charge on any atom is 0.322 e. The lowest BCUT2D eigenvalue weighted by atomic mass is 9.88. The summed E-state index contributed by atoms with van der Waals surface area (Å²) in [6, 6.07) is -0.171. The number of carbonyl (C=O) groups excluding carboxylic acids is 1. The number of likely N-dealkylation sites (N-methyl/N-ethyl adjacent to an activating group) is 1. The quantitative estimate of drug-likeness (QED) is 0.679. The second kappa shape index (κ2) is 5.22. The van der Waals surface area contributed by atoms with Crippen molar-refractivity contribution < 1.29 is 9.53 Å². The molecule has 1 N–H and O–H groups in total. The van der Waals surface area contributed by atoms with Crippen LogP contribution in [0.25, 0.3) is 0 Å². The van der Waals surface area contributed by atoms with Crippen LogP contribution in [0, 0.1) is 5.41 Å². The summed E-state index contributed by atoms with van der Waals surface area (Å²) in [6.07, 6.45) is 0.799. The number of hydrogen-bond donors (Lipinski definition) is 1. The van der Waals surface area contributed by atoms with E-state index in [0.717, 1.165) is 13.0 Å². The van der Waals surface area contributed by atoms with Crippen molar-refractivity contribution in [2.24, 2.45) is 5.41 Å². The number of esters is 1. The van der Waals surface area contributed by atoms with Crippen molar-refractivity contribution in [3.63, 3.8) is 0 Å². The zero-order valence-corrected chi connectivity index (χ0v) is 9.31. The number of ether oxygens (including phenoxy) is 1. The van der Waals surface area contributed by atoms with E-state index in [9.17, 15) is 4.79 Å². The van der Waals surface area contributed by atoms with Crippen molar-refractivity contribution in [3.05, 3.63) is 0 Å². The van der Waals surface area contributed by atoms with Gasteiger partial charge < -0.3 is 10.1 Å². The van der Waals surface area contributed by atoms with Gasteiger partial charge >= 0.3 is 5.97 Å². The number of nitrogens with one attached hydrogen (secondary N) is 1. The highest BCUT2D eigenvalue weighted by molar-refractivity contribution is 5.75. The summed E-state index contributed by atoms with van der Waals surface area (Å²) in [5.74, 6) is -0.170. The van der Waals surface area contributed by atoms with E-state index in [2.05, 4.69) is 26.1 Å². The molecule has 0 heterocycles. The molecule has 0 radical (unpaired) electrons. The van der Waals surface area contributed by atoms with Gasteiger partial charge in [-0.1, -0.05) is 27.7 Å². The lowest BCUT2D eigenvalue weighted by molar-refractivity contribution is -0.143. The zero-order valence-electron chi connectivity index (χ0n) is 9.31. The fourth-order valence-corrected chi connectivity index (χ4v) is 1.24. The summed E-state index contributed by atoms with van der Waals surface area (Å²) in [6.45, 7) is 9.11. The minimum Gasteiger partial charge on any atom is -0.468 e. The molecule has 0 aromatic rings. The van der Waals surface area contributed by atoms with Crippen LogP contribution in [-0.4, -0.2) is 25.7 Å². The first-order chi connectivity index (χ1) is 5.90. The Morgan fingerprint density at radius 2 is 2.00 bits per heavy atom. The minimum atomic E-state index is -0.171. The average molecular weight is 187 g/mol. The normalized spacial score (nSPS) is 13.9. The molecule has 0 spiro atoms. The van der Waals surface area contributed by atoms with E-state index >= 15 is 0 Å². The molecular formula is C10H21NO2. The van der Waals surface area contributed by atoms with Crippen molar-refractivity contribution in [2.75, 3.05) is 13.7 Å². The third-order valence-corrected chi connectivity index (χ3v) is 1.75. The van der Waals surface area contributed by atoms with Gasteiger partial charge in [0.1, 0.15) is 6.04 Å². The molecule has 0 aliphatic rings. The number of carbonyl (C=O) groups is 1. The summed E-state index contributed by atoms with van der Waals surface area (Å²) in [4.78, 5) is 11.3. The molecule has 0 saturated heterocycles. The zero-order chi connectivity index (χ0) is 10.5. The van der Waals surface area contributed by atoms with Crippen LogP contribution in [0.3, 0.4) is 0 Å². The highest BCUT2D eigenvalue weighted by Crippen LogP contribution is 2.21. The molecule has 0 aliphatic carbocycles. The molecule has 3 heteroatoms. The van der Waals surface area contributed by atoms with E-state index in [-0.39, 0.29) is 17.4 Å². The van der Waals surface area contributed by atoms with Gasteiger partial charge in [0.15, 0.2) is 0 Å². The topological polar surface area (TPSA) is 38.3 Å². The molecule has 1 unspecified atom stereocenters. The van der Waals surface area contributed by atoms with E-state index in [1.54, 1.807) is 0 Å². The Morgan fingerprint density at radius 3 is 2.31 bits per heavy atom. The fraction of sp³-hybridized carbons (Fsp3) is 0.900. The highest BCUT2D eigenvalue weighted by Gasteiger charge is 2.24. The average Bonchev–Trinajstić information content (AvgIpc) is 2.00. The Hall–Kier alpha value is -0.570. The largest absolute Gasteiger partial charge is 0.468 e. The van der Waals surface area contributed by atoms with E-state index in [4.69, 9.17) is 4.74 Å². The molecule has 78 valence electrons. The van der Waals surface area contributed by atoms with Gasteiger partial charge in [0.25, 0.3) is 0 Å². The predicted octanol–water partition coefficient (Wildman–Crippen LogP) is 1.57. The van der Waals surface area contributed by atoms with Gasteiger partial charge in [-0.2, -0.15) is 0 Å². The summed E-state index contributed by atoms with van der Waals surface area (Å²) in [7, 11) is 1.43. The van der Waals surface area contributed by atoms with Crippen molar-refractivity contribution in [1.82, 2.24) is 5.32 Å². The van der Waals surface area contributed by atoms with Crippen LogP contribution in [0.5, 0.6) is 0 Å². The van der Waals surface area contributed by atoms with Crippen LogP contribution in [0.1, 0.15) is 34.1 Å². The van der Waals surface area contributed by atoms with Gasteiger partial charge in [-0.05, 0) is 18.4 Å². The van der Waals surface area contributed by atoms with Gasteiger partial charge in [0.05, 0.1) is 7.11 Å². The smallest absolute Gasteiger partial charge is 0.322 e. The molecule has 0 amide bonds. The molecule has 0 fully saturated rings. The summed E-state index contributed by atoms with van der Waals surface area (Å²) >= 11 is 0. The van der Waals surface area contributed by atoms with Crippen molar-refractivity contribution >= 4 is 5.97 Å². The van der Waals surface area contributed by atoms with Crippen LogP contribution in [-0.2, 0) is 9.53 Å². The third-order valence-electron chi connectivity index (χ3n) is 1.75. The fourth-order valence-electron chi connectivity index (χ4n) is 1.24. The first-order valence-corrected chi connectivity index (χ1v) is 4.72. The Labute approximate surface area is 80.8 Å². The number of rotatable bonds is 4. The van der Waals surface area contributed by atoms with Crippen molar-refractivity contribution in [3.8, 4) is 0 Å². The van der Waals surface area contributed by atoms with E-state index in [1.165, 1.54) is 7.11 Å². The molecule has 0 aliphatic heterocycles. The highest BCUT2D eigenvalue weighted by atomic mass is 16.5. The van der Waals surface area contributed by atoms with Gasteiger partial charge in [-0.3, -0.25) is 4.79 Å². The Kier molecular flexibility index (Phi) is 4.99. The van der Waals surface area contributed by atoms with Gasteiger partial charge in [0, 0.05) is 0 Å².